The third-order valence-corrected chi connectivity index (χ3v) is 2.04. The van der Waals surface area contributed by atoms with Crippen LogP contribution in [0.15, 0.2) is 35.6 Å². The molecule has 0 amide bonds. The first-order chi connectivity index (χ1) is 8.97. The van der Waals surface area contributed by atoms with Gasteiger partial charge in [0.2, 0.25) is 0 Å². The molecule has 0 radical (unpaired) electrons. The molecule has 108 valence electrons. The van der Waals surface area contributed by atoms with Crippen LogP contribution in [0.5, 0.6) is 0 Å². The zero-order valence-corrected chi connectivity index (χ0v) is 12.3. The maximum atomic E-state index is 10.7. The van der Waals surface area contributed by atoms with Crippen LogP contribution in [-0.2, 0) is 19.0 Å². The normalized spacial score (nSPS) is 9.47. The van der Waals surface area contributed by atoms with Crippen LogP contribution in [0.1, 0.15) is 27.7 Å². The van der Waals surface area contributed by atoms with E-state index in [-0.39, 0.29) is 6.61 Å². The summed E-state index contributed by atoms with van der Waals surface area (Å²) in [5, 5.41) is 0. The van der Waals surface area contributed by atoms with Crippen LogP contribution in [0, 0.1) is 0 Å². The van der Waals surface area contributed by atoms with Gasteiger partial charge in [0.05, 0.1) is 13.2 Å². The molecule has 0 aromatic carbocycles. The lowest BCUT2D eigenvalue weighted by atomic mass is 10.2. The topological polar surface area (TPSA) is 44.8 Å². The van der Waals surface area contributed by atoms with E-state index in [0.717, 1.165) is 17.4 Å². The molecule has 0 unspecified atom stereocenters. The standard InChI is InChI=1S/C15H24O4/c1-6-15(16)19-10-8-17-7-9-18-14(13(4)5)11-12(2)3/h6,11H,1,7-10H2,2-5H3. The molecule has 4 heteroatoms. The van der Waals surface area contributed by atoms with E-state index in [0.29, 0.717) is 19.8 Å². The summed E-state index contributed by atoms with van der Waals surface area (Å²) in [7, 11) is 0. The van der Waals surface area contributed by atoms with E-state index in [4.69, 9.17) is 14.2 Å². The fourth-order valence-electron chi connectivity index (χ4n) is 1.17. The van der Waals surface area contributed by atoms with Gasteiger partial charge in [-0.2, -0.15) is 0 Å². The summed E-state index contributed by atoms with van der Waals surface area (Å²) < 4.78 is 15.7. The quantitative estimate of drug-likeness (QED) is 0.212. The van der Waals surface area contributed by atoms with Gasteiger partial charge in [0.15, 0.2) is 0 Å². The van der Waals surface area contributed by atoms with Crippen LogP contribution in [-0.4, -0.2) is 32.4 Å². The number of hydrogen-bond donors (Lipinski definition) is 0. The summed E-state index contributed by atoms with van der Waals surface area (Å²) in [6.45, 7) is 12.9. The third-order valence-electron chi connectivity index (χ3n) is 2.04. The van der Waals surface area contributed by atoms with Crippen molar-refractivity contribution in [3.63, 3.8) is 0 Å². The Morgan fingerprint density at radius 2 is 1.58 bits per heavy atom. The van der Waals surface area contributed by atoms with E-state index in [1.165, 1.54) is 5.57 Å². The molecule has 4 nitrogen and oxygen atoms in total. The second kappa shape index (κ2) is 10.4. The number of allylic oxidation sites excluding steroid dienone is 3. The van der Waals surface area contributed by atoms with Crippen LogP contribution in [0.25, 0.3) is 0 Å². The zero-order valence-electron chi connectivity index (χ0n) is 12.3. The monoisotopic (exact) mass is 268 g/mol. The molecule has 0 aliphatic carbocycles. The van der Waals surface area contributed by atoms with E-state index in [2.05, 4.69) is 6.58 Å². The second-order valence-corrected chi connectivity index (χ2v) is 4.42. The molecule has 0 spiro atoms. The lowest BCUT2D eigenvalue weighted by Crippen LogP contribution is -2.11. The van der Waals surface area contributed by atoms with Gasteiger partial charge in [-0.05, 0) is 39.3 Å². The first-order valence-electron chi connectivity index (χ1n) is 6.29. The van der Waals surface area contributed by atoms with Gasteiger partial charge in [-0.1, -0.05) is 12.2 Å². The summed E-state index contributed by atoms with van der Waals surface area (Å²) in [4.78, 5) is 10.7. The molecule has 0 heterocycles. The molecule has 19 heavy (non-hydrogen) atoms. The number of hydrogen-bond acceptors (Lipinski definition) is 4. The Morgan fingerprint density at radius 1 is 1.00 bits per heavy atom. The van der Waals surface area contributed by atoms with Crippen LogP contribution < -0.4 is 0 Å². The Balaban J connectivity index is 3.74. The second-order valence-electron chi connectivity index (χ2n) is 4.42. The van der Waals surface area contributed by atoms with Crippen molar-refractivity contribution in [2.24, 2.45) is 0 Å². The predicted octanol–water partition coefficient (Wildman–Crippen LogP) is 3.01. The number of rotatable bonds is 9. The molecule has 0 saturated carbocycles. The lowest BCUT2D eigenvalue weighted by molar-refractivity contribution is -0.139. The van der Waals surface area contributed by atoms with Crippen LogP contribution in [0.4, 0.5) is 0 Å². The van der Waals surface area contributed by atoms with Gasteiger partial charge < -0.3 is 14.2 Å². The maximum absolute atomic E-state index is 10.7. The largest absolute Gasteiger partial charge is 0.491 e. The van der Waals surface area contributed by atoms with E-state index >= 15 is 0 Å². The van der Waals surface area contributed by atoms with Gasteiger partial charge in [-0.15, -0.1) is 0 Å². The first-order valence-corrected chi connectivity index (χ1v) is 6.29. The van der Waals surface area contributed by atoms with Gasteiger partial charge in [-0.3, -0.25) is 0 Å². The number of esters is 1. The highest BCUT2D eigenvalue weighted by atomic mass is 16.6. The average molecular weight is 268 g/mol. The van der Waals surface area contributed by atoms with Crippen molar-refractivity contribution in [3.8, 4) is 0 Å². The Hall–Kier alpha value is -1.55. The van der Waals surface area contributed by atoms with Gasteiger partial charge in [-0.25, -0.2) is 4.79 Å². The van der Waals surface area contributed by atoms with E-state index < -0.39 is 5.97 Å². The van der Waals surface area contributed by atoms with Crippen molar-refractivity contribution in [1.29, 1.82) is 0 Å². The van der Waals surface area contributed by atoms with Crippen LogP contribution in [0.3, 0.4) is 0 Å². The van der Waals surface area contributed by atoms with E-state index in [9.17, 15) is 4.79 Å². The average Bonchev–Trinajstić information content (AvgIpc) is 2.35. The van der Waals surface area contributed by atoms with E-state index in [1.807, 2.05) is 33.8 Å². The highest BCUT2D eigenvalue weighted by molar-refractivity contribution is 5.81. The third kappa shape index (κ3) is 10.1. The molecule has 0 bridgehead atoms. The molecule has 0 rings (SSSR count). The molecule has 0 aromatic rings. The molecular weight excluding hydrogens is 244 g/mol. The van der Waals surface area contributed by atoms with Crippen molar-refractivity contribution in [2.45, 2.75) is 27.7 Å². The highest BCUT2D eigenvalue weighted by Gasteiger charge is 1.99. The Bertz CT molecular complexity index is 345. The number of ether oxygens (including phenoxy) is 3. The fourth-order valence-corrected chi connectivity index (χ4v) is 1.17. The lowest BCUT2D eigenvalue weighted by Gasteiger charge is -2.10. The van der Waals surface area contributed by atoms with Crippen molar-refractivity contribution in [2.75, 3.05) is 26.4 Å². The van der Waals surface area contributed by atoms with Gasteiger partial charge >= 0.3 is 5.97 Å². The van der Waals surface area contributed by atoms with Crippen LogP contribution in [0.2, 0.25) is 0 Å². The van der Waals surface area contributed by atoms with Gasteiger partial charge in [0.25, 0.3) is 0 Å². The van der Waals surface area contributed by atoms with Crippen LogP contribution >= 0.6 is 0 Å². The molecule has 0 saturated heterocycles. The summed E-state index contributed by atoms with van der Waals surface area (Å²) in [6.07, 6.45) is 3.13. The van der Waals surface area contributed by atoms with Crippen molar-refractivity contribution in [3.05, 3.63) is 35.6 Å². The molecule has 0 aromatic heterocycles. The Morgan fingerprint density at radius 3 is 2.05 bits per heavy atom. The Kier molecular flexibility index (Phi) is 9.53. The van der Waals surface area contributed by atoms with Crippen molar-refractivity contribution in [1.82, 2.24) is 0 Å². The fraction of sp³-hybridized carbons (Fsp3) is 0.533. The Labute approximate surface area is 115 Å². The van der Waals surface area contributed by atoms with Gasteiger partial charge in [0.1, 0.15) is 19.0 Å². The zero-order chi connectivity index (χ0) is 14.7. The SMILES string of the molecule is C=CC(=O)OCCOCCOC(C=C(C)C)=C(C)C. The minimum Gasteiger partial charge on any atom is -0.491 e. The molecule has 0 N–H and O–H groups in total. The summed E-state index contributed by atoms with van der Waals surface area (Å²) >= 11 is 0. The van der Waals surface area contributed by atoms with Crippen molar-refractivity contribution < 1.29 is 19.0 Å². The highest BCUT2D eigenvalue weighted by Crippen LogP contribution is 2.09. The molecule has 0 aliphatic rings. The number of carbonyl (C=O) groups excluding carboxylic acids is 1. The smallest absolute Gasteiger partial charge is 0.330 e. The minimum atomic E-state index is -0.435. The summed E-state index contributed by atoms with van der Waals surface area (Å²) in [5.74, 6) is 0.442. The molecule has 0 atom stereocenters. The summed E-state index contributed by atoms with van der Waals surface area (Å²) in [6, 6.07) is 0. The van der Waals surface area contributed by atoms with Gasteiger partial charge in [0, 0.05) is 6.08 Å². The maximum Gasteiger partial charge on any atom is 0.330 e. The predicted molar refractivity (Wildman–Crippen MR) is 75.7 cm³/mol. The molecular formula is C15H24O4. The first kappa shape index (κ1) is 17.4. The van der Waals surface area contributed by atoms with E-state index in [1.54, 1.807) is 0 Å². The molecule has 0 fully saturated rings. The summed E-state index contributed by atoms with van der Waals surface area (Å²) in [5.41, 5.74) is 2.31. The number of carbonyl (C=O) groups is 1. The van der Waals surface area contributed by atoms with Crippen molar-refractivity contribution >= 4 is 5.97 Å². The minimum absolute atomic E-state index is 0.230. The molecule has 0 aliphatic heterocycles.